The van der Waals surface area contributed by atoms with Crippen LogP contribution in [0.4, 0.5) is 0 Å². The molecular weight excluding hydrogens is 616 g/mol. The van der Waals surface area contributed by atoms with Gasteiger partial charge in [0.2, 0.25) is 0 Å². The maximum atomic E-state index is 12.0. The molecule has 0 radical (unpaired) electrons. The van der Waals surface area contributed by atoms with Crippen LogP contribution in [-0.2, 0) is 51.2 Å². The highest BCUT2D eigenvalue weighted by atomic mass is 16.6. The molecule has 49 heavy (non-hydrogen) atoms. The van der Waals surface area contributed by atoms with E-state index in [9.17, 15) is 14.7 Å². The number of aryl methyl sites for hydroxylation is 5. The van der Waals surface area contributed by atoms with Gasteiger partial charge in [-0.25, -0.2) is 9.59 Å². The number of ether oxygens (including phenoxy) is 4. The maximum absolute atomic E-state index is 12.0. The summed E-state index contributed by atoms with van der Waals surface area (Å²) in [6, 6.07) is 19.2. The first-order chi connectivity index (χ1) is 23.7. The summed E-state index contributed by atoms with van der Waals surface area (Å²) < 4.78 is 23.3. The fourth-order valence-electron chi connectivity index (χ4n) is 5.45. The molecule has 0 amide bonds. The van der Waals surface area contributed by atoms with Crippen LogP contribution in [0, 0.1) is 0 Å². The number of carbonyl (C=O) groups is 2. The highest BCUT2D eigenvalue weighted by Crippen LogP contribution is 2.39. The average Bonchev–Trinajstić information content (AvgIpc) is 3.10. The lowest BCUT2D eigenvalue weighted by Gasteiger charge is -2.20. The molecule has 0 aliphatic carbocycles. The van der Waals surface area contributed by atoms with E-state index in [0.29, 0.717) is 35.5 Å². The van der Waals surface area contributed by atoms with Crippen LogP contribution in [0.15, 0.2) is 78.9 Å². The van der Waals surface area contributed by atoms with Crippen molar-refractivity contribution in [3.05, 3.63) is 107 Å². The predicted molar refractivity (Wildman–Crippen MR) is 196 cm³/mol. The second-order valence-corrected chi connectivity index (χ2v) is 12.4. The summed E-state index contributed by atoms with van der Waals surface area (Å²) in [7, 11) is 0. The summed E-state index contributed by atoms with van der Waals surface area (Å²) in [5.74, 6) is 0.438. The normalized spacial score (nSPS) is 10.8. The Kier molecular flexibility index (Phi) is 16.7. The Hall–Kier alpha value is -4.36. The molecule has 0 spiro atoms. The van der Waals surface area contributed by atoms with Crippen LogP contribution in [-0.4, -0.2) is 50.1 Å². The van der Waals surface area contributed by atoms with Gasteiger partial charge >= 0.3 is 11.9 Å². The van der Waals surface area contributed by atoms with Crippen molar-refractivity contribution < 1.29 is 33.6 Å². The number of hydrogen-bond donors (Lipinski definition) is 1. The first kappa shape index (κ1) is 39.1. The van der Waals surface area contributed by atoms with Crippen LogP contribution in [0.25, 0.3) is 11.1 Å². The molecule has 1 N–H and O–H groups in total. The summed E-state index contributed by atoms with van der Waals surface area (Å²) >= 11 is 0. The van der Waals surface area contributed by atoms with Gasteiger partial charge in [0.25, 0.3) is 0 Å². The van der Waals surface area contributed by atoms with Crippen molar-refractivity contribution >= 4 is 11.9 Å². The molecule has 0 aliphatic rings. The van der Waals surface area contributed by atoms with Gasteiger partial charge in [0.05, 0.1) is 0 Å². The second kappa shape index (κ2) is 20.9. The van der Waals surface area contributed by atoms with Crippen LogP contribution >= 0.6 is 0 Å². The van der Waals surface area contributed by atoms with Gasteiger partial charge in [-0.05, 0) is 104 Å². The molecular formula is C42H54O7. The lowest BCUT2D eigenvalue weighted by Crippen LogP contribution is -2.14. The minimum absolute atomic E-state index is 0.0815. The van der Waals surface area contributed by atoms with Gasteiger partial charge in [-0.15, -0.1) is 0 Å². The first-order valence-corrected chi connectivity index (χ1v) is 17.5. The lowest BCUT2D eigenvalue weighted by atomic mass is 9.92. The van der Waals surface area contributed by atoms with E-state index in [1.807, 2.05) is 12.1 Å². The van der Waals surface area contributed by atoms with E-state index in [0.717, 1.165) is 53.5 Å². The molecule has 0 aromatic heterocycles. The first-order valence-electron chi connectivity index (χ1n) is 17.5. The smallest absolute Gasteiger partial charge is 0.333 e. The van der Waals surface area contributed by atoms with Gasteiger partial charge in [-0.3, -0.25) is 0 Å². The summed E-state index contributed by atoms with van der Waals surface area (Å²) in [6.45, 7) is 15.5. The van der Waals surface area contributed by atoms with E-state index in [1.165, 1.54) is 30.4 Å². The van der Waals surface area contributed by atoms with Gasteiger partial charge in [-0.1, -0.05) is 82.3 Å². The van der Waals surface area contributed by atoms with Crippen LogP contribution in [0.2, 0.25) is 0 Å². The fraction of sp³-hybridized carbons (Fsp3) is 0.429. The largest absolute Gasteiger partial charge is 0.490 e. The number of benzene rings is 3. The predicted octanol–water partition coefficient (Wildman–Crippen LogP) is 8.36. The minimum atomic E-state index is -0.455. The summed E-state index contributed by atoms with van der Waals surface area (Å²) in [4.78, 5) is 24.0. The van der Waals surface area contributed by atoms with Gasteiger partial charge < -0.3 is 24.1 Å². The summed E-state index contributed by atoms with van der Waals surface area (Å²) in [5, 5.41) is 9.36. The molecule has 0 saturated heterocycles. The van der Waals surface area contributed by atoms with Crippen LogP contribution in [0.1, 0.15) is 81.2 Å². The van der Waals surface area contributed by atoms with Crippen molar-refractivity contribution in [2.45, 2.75) is 85.5 Å². The van der Waals surface area contributed by atoms with Crippen molar-refractivity contribution in [1.29, 1.82) is 0 Å². The number of rotatable bonds is 22. The average molecular weight is 671 g/mol. The molecule has 7 heteroatoms. The minimum Gasteiger partial charge on any atom is -0.490 e. The van der Waals surface area contributed by atoms with E-state index in [-0.39, 0.29) is 33.0 Å². The quantitative estimate of drug-likeness (QED) is 0.0653. The summed E-state index contributed by atoms with van der Waals surface area (Å²) in [6.07, 6.45) is 8.50. The SMILES string of the molecule is C=C(C)C(=O)OCCOc1cc(-c2ccc(CCCO)cc2CC)c(OCCOC(=O)C(=C)C)cc1CCc1ccc(CCCCC)cc1. The van der Waals surface area contributed by atoms with E-state index in [4.69, 9.17) is 18.9 Å². The molecule has 3 aromatic carbocycles. The molecule has 0 fully saturated rings. The molecule has 3 rings (SSSR count). The van der Waals surface area contributed by atoms with Crippen molar-refractivity contribution in [2.24, 2.45) is 0 Å². The van der Waals surface area contributed by atoms with Crippen LogP contribution in [0.3, 0.4) is 0 Å². The van der Waals surface area contributed by atoms with Crippen molar-refractivity contribution in [3.63, 3.8) is 0 Å². The van der Waals surface area contributed by atoms with Gasteiger partial charge in [0, 0.05) is 23.3 Å². The third-order valence-electron chi connectivity index (χ3n) is 8.25. The fourth-order valence-corrected chi connectivity index (χ4v) is 5.45. The summed E-state index contributed by atoms with van der Waals surface area (Å²) in [5.41, 5.74) is 8.37. The van der Waals surface area contributed by atoms with Crippen molar-refractivity contribution in [2.75, 3.05) is 33.0 Å². The Morgan fingerprint density at radius 2 is 1.18 bits per heavy atom. The zero-order valence-electron chi connectivity index (χ0n) is 29.9. The third kappa shape index (κ3) is 12.9. The molecule has 3 aromatic rings. The topological polar surface area (TPSA) is 91.3 Å². The third-order valence-corrected chi connectivity index (χ3v) is 8.25. The molecule has 0 saturated carbocycles. The number of unbranched alkanes of at least 4 members (excludes halogenated alkanes) is 2. The van der Waals surface area contributed by atoms with Crippen LogP contribution in [0.5, 0.6) is 11.5 Å². The van der Waals surface area contributed by atoms with Gasteiger partial charge in [0.1, 0.15) is 37.9 Å². The molecule has 264 valence electrons. The molecule has 0 heterocycles. The Bertz CT molecular complexity index is 1540. The van der Waals surface area contributed by atoms with Crippen molar-refractivity contribution in [3.8, 4) is 22.6 Å². The monoisotopic (exact) mass is 670 g/mol. The molecule has 0 bridgehead atoms. The number of aliphatic hydroxyl groups is 1. The van der Waals surface area contributed by atoms with E-state index in [2.05, 4.69) is 69.5 Å². The Morgan fingerprint density at radius 3 is 1.76 bits per heavy atom. The zero-order chi connectivity index (χ0) is 35.6. The van der Waals surface area contributed by atoms with Gasteiger partial charge in [-0.2, -0.15) is 0 Å². The van der Waals surface area contributed by atoms with Gasteiger partial charge in [0.15, 0.2) is 0 Å². The number of aliphatic hydroxyl groups excluding tert-OH is 1. The molecule has 0 aliphatic heterocycles. The van der Waals surface area contributed by atoms with E-state index < -0.39 is 11.9 Å². The standard InChI is InChI=1S/C42H54O7/c1-7-9-10-12-32-14-16-33(17-15-32)18-20-36-28-40(47-24-26-49-42(45)31(5)6)38(29-39(36)46-23-25-48-41(44)30(3)4)37-21-19-34(13-11-22-43)27-35(37)8-2/h14-17,19,21,27-29,43H,3,5,7-13,18,20,22-26H2,1-2,4,6H3. The zero-order valence-corrected chi connectivity index (χ0v) is 29.9. The van der Waals surface area contributed by atoms with Crippen LogP contribution < -0.4 is 9.47 Å². The van der Waals surface area contributed by atoms with E-state index in [1.54, 1.807) is 13.8 Å². The number of esters is 2. The van der Waals surface area contributed by atoms with E-state index >= 15 is 0 Å². The Balaban J connectivity index is 1.97. The van der Waals surface area contributed by atoms with Crippen molar-refractivity contribution in [1.82, 2.24) is 0 Å². The number of carbonyl (C=O) groups excluding carboxylic acids is 2. The second-order valence-electron chi connectivity index (χ2n) is 12.4. The Labute approximate surface area is 292 Å². The highest BCUT2D eigenvalue weighted by Gasteiger charge is 2.18. The lowest BCUT2D eigenvalue weighted by molar-refractivity contribution is -0.140. The highest BCUT2D eigenvalue weighted by molar-refractivity contribution is 5.87. The number of hydrogen-bond acceptors (Lipinski definition) is 7. The Morgan fingerprint density at radius 1 is 0.612 bits per heavy atom. The molecule has 0 unspecified atom stereocenters. The molecule has 7 nitrogen and oxygen atoms in total. The molecule has 0 atom stereocenters. The maximum Gasteiger partial charge on any atom is 0.333 e.